The fourth-order valence-corrected chi connectivity index (χ4v) is 3.47. The summed E-state index contributed by atoms with van der Waals surface area (Å²) in [6, 6.07) is 5.83. The first-order valence-electron chi connectivity index (χ1n) is 6.33. The van der Waals surface area contributed by atoms with Crippen molar-refractivity contribution in [1.82, 2.24) is 9.88 Å². The van der Waals surface area contributed by atoms with E-state index in [0.29, 0.717) is 0 Å². The van der Waals surface area contributed by atoms with Gasteiger partial charge >= 0.3 is 0 Å². The highest BCUT2D eigenvalue weighted by atomic mass is 35.5. The van der Waals surface area contributed by atoms with Gasteiger partial charge in [0.25, 0.3) is 0 Å². The van der Waals surface area contributed by atoms with E-state index in [1.165, 1.54) is 25.9 Å². The third kappa shape index (κ3) is 2.76. The van der Waals surface area contributed by atoms with Crippen molar-refractivity contribution in [3.05, 3.63) is 23.2 Å². The number of nitrogens with one attached hydrogen (secondary N) is 1. The van der Waals surface area contributed by atoms with Crippen LogP contribution in [0, 0.1) is 0 Å². The second-order valence-electron chi connectivity index (χ2n) is 4.61. The summed E-state index contributed by atoms with van der Waals surface area (Å²) in [5.74, 6) is 0. The monoisotopic (exact) mass is 281 g/mol. The molecule has 0 saturated carbocycles. The first-order valence-corrected chi connectivity index (χ1v) is 7.53. The minimum atomic E-state index is 0.773. The van der Waals surface area contributed by atoms with Gasteiger partial charge in [-0.3, -0.25) is 0 Å². The molecule has 0 radical (unpaired) electrons. The van der Waals surface area contributed by atoms with Gasteiger partial charge in [0, 0.05) is 18.1 Å². The largest absolute Gasteiger partial charge is 0.360 e. The lowest BCUT2D eigenvalue weighted by Crippen LogP contribution is -2.25. The van der Waals surface area contributed by atoms with Crippen LogP contribution in [0.2, 0.25) is 5.02 Å². The Hall–Kier alpha value is -0.840. The fraction of sp³-hybridized carbons (Fsp3) is 0.462. The van der Waals surface area contributed by atoms with Gasteiger partial charge in [-0.25, -0.2) is 4.98 Å². The molecule has 0 atom stereocenters. The lowest BCUT2D eigenvalue weighted by atomic mass is 10.3. The Morgan fingerprint density at radius 2 is 2.17 bits per heavy atom. The predicted octanol–water partition coefficient (Wildman–Crippen LogP) is 3.46. The van der Waals surface area contributed by atoms with E-state index in [4.69, 9.17) is 11.6 Å². The van der Waals surface area contributed by atoms with Gasteiger partial charge in [-0.2, -0.15) is 0 Å². The molecule has 96 valence electrons. The maximum absolute atomic E-state index is 5.97. The fourth-order valence-electron chi connectivity index (χ4n) is 2.30. The topological polar surface area (TPSA) is 28.2 Å². The molecule has 2 heterocycles. The lowest BCUT2D eigenvalue weighted by Gasteiger charge is -2.13. The summed E-state index contributed by atoms with van der Waals surface area (Å²) in [6.45, 7) is 4.57. The van der Waals surface area contributed by atoms with Gasteiger partial charge in [0.15, 0.2) is 5.13 Å². The minimum absolute atomic E-state index is 0.773. The first kappa shape index (κ1) is 12.2. The molecule has 1 aromatic carbocycles. The van der Waals surface area contributed by atoms with Crippen LogP contribution < -0.4 is 5.32 Å². The summed E-state index contributed by atoms with van der Waals surface area (Å²) in [6.07, 6.45) is 2.69. The van der Waals surface area contributed by atoms with Crippen LogP contribution in [0.25, 0.3) is 10.2 Å². The van der Waals surface area contributed by atoms with Crippen molar-refractivity contribution in [2.45, 2.75) is 12.8 Å². The zero-order chi connectivity index (χ0) is 12.4. The highest BCUT2D eigenvalue weighted by molar-refractivity contribution is 7.22. The molecule has 1 N–H and O–H groups in total. The minimum Gasteiger partial charge on any atom is -0.360 e. The Morgan fingerprint density at radius 3 is 3.00 bits per heavy atom. The number of benzene rings is 1. The van der Waals surface area contributed by atoms with Gasteiger partial charge in [-0.1, -0.05) is 22.9 Å². The summed E-state index contributed by atoms with van der Waals surface area (Å²) >= 11 is 7.64. The van der Waals surface area contributed by atoms with Crippen molar-refractivity contribution < 1.29 is 0 Å². The van der Waals surface area contributed by atoms with Crippen LogP contribution in [-0.4, -0.2) is 36.1 Å². The van der Waals surface area contributed by atoms with Crippen LogP contribution in [0.15, 0.2) is 18.2 Å². The van der Waals surface area contributed by atoms with Crippen LogP contribution in [-0.2, 0) is 0 Å². The zero-order valence-electron chi connectivity index (χ0n) is 10.2. The van der Waals surface area contributed by atoms with Crippen molar-refractivity contribution >= 4 is 38.3 Å². The van der Waals surface area contributed by atoms with E-state index in [0.717, 1.165) is 33.5 Å². The Kier molecular flexibility index (Phi) is 3.68. The highest BCUT2D eigenvalue weighted by Crippen LogP contribution is 2.28. The Labute approximate surface area is 116 Å². The quantitative estimate of drug-likeness (QED) is 0.930. The molecule has 0 bridgehead atoms. The number of anilines is 1. The third-order valence-electron chi connectivity index (χ3n) is 3.25. The number of aromatic nitrogens is 1. The number of thiazole rings is 1. The van der Waals surface area contributed by atoms with E-state index in [-0.39, 0.29) is 0 Å². The number of hydrogen-bond donors (Lipinski definition) is 1. The normalized spacial score (nSPS) is 16.5. The molecule has 2 aromatic rings. The van der Waals surface area contributed by atoms with Gasteiger partial charge in [0.1, 0.15) is 0 Å². The molecule has 1 aliphatic heterocycles. The summed E-state index contributed by atoms with van der Waals surface area (Å²) < 4.78 is 1.14. The third-order valence-corrected chi connectivity index (χ3v) is 4.46. The molecule has 0 unspecified atom stereocenters. The second kappa shape index (κ2) is 5.43. The van der Waals surface area contributed by atoms with Gasteiger partial charge in [-0.05, 0) is 44.1 Å². The van der Waals surface area contributed by atoms with E-state index < -0.39 is 0 Å². The maximum Gasteiger partial charge on any atom is 0.183 e. The van der Waals surface area contributed by atoms with E-state index in [9.17, 15) is 0 Å². The van der Waals surface area contributed by atoms with Crippen LogP contribution in [0.4, 0.5) is 5.13 Å². The maximum atomic E-state index is 5.97. The van der Waals surface area contributed by atoms with Crippen molar-refractivity contribution in [2.75, 3.05) is 31.5 Å². The average Bonchev–Trinajstić information content (AvgIpc) is 2.97. The van der Waals surface area contributed by atoms with Crippen molar-refractivity contribution in [2.24, 2.45) is 0 Å². The number of likely N-dealkylation sites (tertiary alicyclic amines) is 1. The standard InChI is InChI=1S/C13H16ClN3S/c14-10-3-4-11-12(9-10)18-13(16-11)15-5-8-17-6-1-2-7-17/h3-4,9H,1-2,5-8H2,(H,15,16). The number of hydrogen-bond acceptors (Lipinski definition) is 4. The number of rotatable bonds is 4. The van der Waals surface area contributed by atoms with Gasteiger partial charge in [-0.15, -0.1) is 0 Å². The molecular weight excluding hydrogens is 266 g/mol. The number of fused-ring (bicyclic) bond motifs is 1. The van der Waals surface area contributed by atoms with Crippen LogP contribution >= 0.6 is 22.9 Å². The predicted molar refractivity (Wildman–Crippen MR) is 78.8 cm³/mol. The molecule has 3 rings (SSSR count). The molecule has 0 spiro atoms. The van der Waals surface area contributed by atoms with Gasteiger partial charge in [0.2, 0.25) is 0 Å². The van der Waals surface area contributed by atoms with Gasteiger partial charge in [0.05, 0.1) is 10.2 Å². The van der Waals surface area contributed by atoms with Crippen LogP contribution in [0.3, 0.4) is 0 Å². The molecule has 5 heteroatoms. The number of nitrogens with zero attached hydrogens (tertiary/aromatic N) is 2. The van der Waals surface area contributed by atoms with Crippen molar-refractivity contribution in [1.29, 1.82) is 0 Å². The average molecular weight is 282 g/mol. The molecule has 1 saturated heterocycles. The van der Waals surface area contributed by atoms with E-state index in [2.05, 4.69) is 15.2 Å². The van der Waals surface area contributed by atoms with Gasteiger partial charge < -0.3 is 10.2 Å². The van der Waals surface area contributed by atoms with E-state index >= 15 is 0 Å². The van der Waals surface area contributed by atoms with Crippen molar-refractivity contribution in [3.8, 4) is 0 Å². The lowest BCUT2D eigenvalue weighted by molar-refractivity contribution is 0.352. The Bertz CT molecular complexity index is 534. The summed E-state index contributed by atoms with van der Waals surface area (Å²) in [5, 5.41) is 5.17. The summed E-state index contributed by atoms with van der Waals surface area (Å²) in [7, 11) is 0. The van der Waals surface area contributed by atoms with Crippen LogP contribution in [0.1, 0.15) is 12.8 Å². The van der Waals surface area contributed by atoms with Crippen LogP contribution in [0.5, 0.6) is 0 Å². The summed E-state index contributed by atoms with van der Waals surface area (Å²) in [4.78, 5) is 7.05. The summed E-state index contributed by atoms with van der Waals surface area (Å²) in [5.41, 5.74) is 1.02. The zero-order valence-corrected chi connectivity index (χ0v) is 11.7. The number of halogens is 1. The van der Waals surface area contributed by atoms with E-state index in [1.807, 2.05) is 18.2 Å². The molecular formula is C13H16ClN3S. The molecule has 1 fully saturated rings. The van der Waals surface area contributed by atoms with Crippen molar-refractivity contribution in [3.63, 3.8) is 0 Å². The van der Waals surface area contributed by atoms with E-state index in [1.54, 1.807) is 11.3 Å². The Morgan fingerprint density at radius 1 is 1.33 bits per heavy atom. The smallest absolute Gasteiger partial charge is 0.183 e. The molecule has 0 amide bonds. The molecule has 1 aliphatic rings. The highest BCUT2D eigenvalue weighted by Gasteiger charge is 2.10. The molecule has 18 heavy (non-hydrogen) atoms. The molecule has 1 aromatic heterocycles. The first-order chi connectivity index (χ1) is 8.81. The molecule has 0 aliphatic carbocycles. The SMILES string of the molecule is Clc1ccc2nc(NCCN3CCCC3)sc2c1. The Balaban J connectivity index is 1.60. The molecule has 3 nitrogen and oxygen atoms in total. The second-order valence-corrected chi connectivity index (χ2v) is 6.07.